The van der Waals surface area contributed by atoms with Crippen molar-refractivity contribution in [2.75, 3.05) is 19.8 Å². The molecular formula is C42H77O12P. The van der Waals surface area contributed by atoms with Crippen molar-refractivity contribution in [3.63, 3.8) is 0 Å². The lowest BCUT2D eigenvalue weighted by Gasteiger charge is -2.41. The average Bonchev–Trinajstić information content (AvgIpc) is 3.17. The molecule has 55 heavy (non-hydrogen) atoms. The number of allylic oxidation sites excluding steroid dienone is 6. The van der Waals surface area contributed by atoms with E-state index in [1.54, 1.807) is 0 Å². The van der Waals surface area contributed by atoms with Gasteiger partial charge >= 0.3 is 13.8 Å². The maximum absolute atomic E-state index is 12.8. The molecule has 1 saturated carbocycles. The largest absolute Gasteiger partial charge is 0.472 e. The molecule has 0 aromatic heterocycles. The molecule has 12 nitrogen and oxygen atoms in total. The monoisotopic (exact) mass is 805 g/mol. The number of aliphatic hydroxyl groups excluding tert-OH is 5. The molecule has 1 fully saturated rings. The van der Waals surface area contributed by atoms with Crippen LogP contribution in [0.5, 0.6) is 0 Å². The van der Waals surface area contributed by atoms with E-state index in [0.29, 0.717) is 13.0 Å². The molecule has 0 aliphatic heterocycles. The molecular weight excluding hydrogens is 727 g/mol. The van der Waals surface area contributed by atoms with Crippen molar-refractivity contribution in [2.45, 2.75) is 204 Å². The van der Waals surface area contributed by atoms with Gasteiger partial charge in [0.15, 0.2) is 0 Å². The van der Waals surface area contributed by atoms with Crippen LogP contribution >= 0.6 is 7.82 Å². The third-order valence-electron chi connectivity index (χ3n) is 9.78. The first-order chi connectivity index (χ1) is 26.5. The Morgan fingerprint density at radius 2 is 1.07 bits per heavy atom. The Bertz CT molecular complexity index is 1050. The molecule has 6 atom stereocenters. The standard InChI is InChI=1S/C42H77O12P/c1-3-5-7-9-11-13-15-17-18-20-22-24-26-28-30-32-51-33-35(34-52-55(49,50)54-42-40(47)38(45)37(44)39(46)41(42)48)53-36(43)31-29-27-25-23-21-19-16-14-12-10-8-6-4-2/h6,8,12,14,19,21,35,37-42,44-48H,3-5,7,9-11,13,15-18,20,22-34H2,1-2H3,(H,49,50)/b8-6-,14-12-,21-19-. The second kappa shape index (κ2) is 33.5. The second-order valence-electron chi connectivity index (χ2n) is 14.8. The first-order valence-corrected chi connectivity index (χ1v) is 22.8. The highest BCUT2D eigenvalue weighted by Gasteiger charge is 2.51. The van der Waals surface area contributed by atoms with E-state index in [9.17, 15) is 39.8 Å². The summed E-state index contributed by atoms with van der Waals surface area (Å²) in [5.74, 6) is -0.506. The van der Waals surface area contributed by atoms with Crippen molar-refractivity contribution in [2.24, 2.45) is 0 Å². The van der Waals surface area contributed by atoms with Gasteiger partial charge in [-0.3, -0.25) is 13.8 Å². The Balaban J connectivity index is 2.45. The fourth-order valence-corrected chi connectivity index (χ4v) is 7.34. The molecule has 0 amide bonds. The maximum atomic E-state index is 12.8. The SMILES string of the molecule is CC/C=C\C/C=C\C/C=C\CCCCCC(=O)OC(COCCCCCCCCCCCCCCCCC)COP(=O)(O)OC1C(O)C(O)C(O)C(O)C1O. The van der Waals surface area contributed by atoms with Crippen LogP contribution in [0.4, 0.5) is 0 Å². The number of aliphatic hydroxyl groups is 5. The van der Waals surface area contributed by atoms with Gasteiger partial charge in [-0.05, 0) is 44.9 Å². The quantitative estimate of drug-likeness (QED) is 0.0157. The fraction of sp³-hybridized carbons (Fsp3) is 0.833. The minimum atomic E-state index is -5.02. The molecule has 0 spiro atoms. The van der Waals surface area contributed by atoms with E-state index in [1.165, 1.54) is 77.0 Å². The number of phosphoric acid groups is 1. The predicted molar refractivity (Wildman–Crippen MR) is 216 cm³/mol. The number of rotatable bonds is 35. The average molecular weight is 805 g/mol. The number of hydrogen-bond donors (Lipinski definition) is 6. The van der Waals surface area contributed by atoms with Crippen LogP contribution in [0, 0.1) is 0 Å². The smallest absolute Gasteiger partial charge is 0.457 e. The molecule has 322 valence electrons. The van der Waals surface area contributed by atoms with Crippen molar-refractivity contribution >= 4 is 13.8 Å². The molecule has 6 N–H and O–H groups in total. The van der Waals surface area contributed by atoms with Gasteiger partial charge in [-0.1, -0.05) is 147 Å². The minimum absolute atomic E-state index is 0.0865. The van der Waals surface area contributed by atoms with E-state index < -0.39 is 63.1 Å². The van der Waals surface area contributed by atoms with Gasteiger partial charge in [0.1, 0.15) is 42.7 Å². The van der Waals surface area contributed by atoms with Gasteiger partial charge in [-0.15, -0.1) is 0 Å². The summed E-state index contributed by atoms with van der Waals surface area (Å²) in [6.45, 7) is 4.10. The Morgan fingerprint density at radius 3 is 1.62 bits per heavy atom. The lowest BCUT2D eigenvalue weighted by molar-refractivity contribution is -0.220. The maximum Gasteiger partial charge on any atom is 0.472 e. The van der Waals surface area contributed by atoms with Crippen LogP contribution in [0.25, 0.3) is 0 Å². The molecule has 1 aliphatic rings. The summed E-state index contributed by atoms with van der Waals surface area (Å²) in [5.41, 5.74) is 0. The van der Waals surface area contributed by atoms with Gasteiger partial charge in [0, 0.05) is 13.0 Å². The summed E-state index contributed by atoms with van der Waals surface area (Å²) >= 11 is 0. The van der Waals surface area contributed by atoms with Crippen molar-refractivity contribution < 1.29 is 58.3 Å². The summed E-state index contributed by atoms with van der Waals surface area (Å²) in [4.78, 5) is 23.0. The minimum Gasteiger partial charge on any atom is -0.457 e. The highest BCUT2D eigenvalue weighted by atomic mass is 31.2. The first-order valence-electron chi connectivity index (χ1n) is 21.3. The number of ether oxygens (including phenoxy) is 2. The normalized spacial score (nSPS) is 23.6. The van der Waals surface area contributed by atoms with Crippen molar-refractivity contribution in [1.29, 1.82) is 0 Å². The van der Waals surface area contributed by atoms with Crippen LogP contribution in [0.2, 0.25) is 0 Å². The number of unbranched alkanes of at least 4 members (excludes halogenated alkanes) is 17. The van der Waals surface area contributed by atoms with E-state index >= 15 is 0 Å². The molecule has 0 aromatic carbocycles. The van der Waals surface area contributed by atoms with Gasteiger partial charge in [-0.2, -0.15) is 0 Å². The van der Waals surface area contributed by atoms with Gasteiger partial charge < -0.3 is 39.9 Å². The Hall–Kier alpha value is -1.44. The lowest BCUT2D eigenvalue weighted by atomic mass is 9.85. The topological polar surface area (TPSA) is 192 Å². The molecule has 13 heteroatoms. The van der Waals surface area contributed by atoms with Crippen molar-refractivity contribution in [3.8, 4) is 0 Å². The molecule has 0 radical (unpaired) electrons. The zero-order valence-corrected chi connectivity index (χ0v) is 34.9. The molecule has 0 saturated heterocycles. The zero-order chi connectivity index (χ0) is 40.6. The van der Waals surface area contributed by atoms with Crippen LogP contribution in [-0.2, 0) is 27.9 Å². The highest BCUT2D eigenvalue weighted by Crippen LogP contribution is 2.47. The lowest BCUT2D eigenvalue weighted by Crippen LogP contribution is -2.64. The first kappa shape index (κ1) is 51.6. The zero-order valence-electron chi connectivity index (χ0n) is 34.0. The van der Waals surface area contributed by atoms with E-state index in [4.69, 9.17) is 18.5 Å². The summed E-state index contributed by atoms with van der Waals surface area (Å²) in [6, 6.07) is 0. The van der Waals surface area contributed by atoms with Crippen LogP contribution in [0.15, 0.2) is 36.5 Å². The number of carbonyl (C=O) groups is 1. The summed E-state index contributed by atoms with van der Waals surface area (Å²) in [6.07, 6.45) is 25.1. The molecule has 0 aromatic rings. The summed E-state index contributed by atoms with van der Waals surface area (Å²) < 4.78 is 34.0. The Labute approximate surface area is 332 Å². The van der Waals surface area contributed by atoms with Gasteiger partial charge in [0.25, 0.3) is 0 Å². The number of phosphoric ester groups is 1. The highest BCUT2D eigenvalue weighted by molar-refractivity contribution is 7.47. The number of carbonyl (C=O) groups excluding carboxylic acids is 1. The van der Waals surface area contributed by atoms with E-state index in [2.05, 4.69) is 50.3 Å². The molecule has 0 heterocycles. The summed E-state index contributed by atoms with van der Waals surface area (Å²) in [7, 11) is -5.02. The van der Waals surface area contributed by atoms with Crippen LogP contribution < -0.4 is 0 Å². The molecule has 1 aliphatic carbocycles. The number of hydrogen-bond acceptors (Lipinski definition) is 11. The van der Waals surface area contributed by atoms with Gasteiger partial charge in [0.05, 0.1) is 13.2 Å². The van der Waals surface area contributed by atoms with E-state index in [1.807, 2.05) is 0 Å². The molecule has 1 rings (SSSR count). The fourth-order valence-electron chi connectivity index (χ4n) is 6.37. The second-order valence-corrected chi connectivity index (χ2v) is 16.2. The third kappa shape index (κ3) is 26.2. The number of esters is 1. The third-order valence-corrected chi connectivity index (χ3v) is 10.8. The molecule has 0 bridgehead atoms. The predicted octanol–water partition coefficient (Wildman–Crippen LogP) is 7.92. The van der Waals surface area contributed by atoms with E-state index in [0.717, 1.165) is 57.8 Å². The van der Waals surface area contributed by atoms with E-state index in [-0.39, 0.29) is 13.0 Å². The summed E-state index contributed by atoms with van der Waals surface area (Å²) in [5, 5.41) is 50.0. The van der Waals surface area contributed by atoms with Gasteiger partial charge in [0.2, 0.25) is 0 Å². The Kier molecular flexibility index (Phi) is 31.4. The van der Waals surface area contributed by atoms with Gasteiger partial charge in [-0.25, -0.2) is 4.57 Å². The van der Waals surface area contributed by atoms with Crippen LogP contribution in [-0.4, -0.2) is 98.9 Å². The van der Waals surface area contributed by atoms with Crippen molar-refractivity contribution in [3.05, 3.63) is 36.5 Å². The molecule has 6 unspecified atom stereocenters. The van der Waals surface area contributed by atoms with Crippen molar-refractivity contribution in [1.82, 2.24) is 0 Å². The van der Waals surface area contributed by atoms with Crippen LogP contribution in [0.1, 0.15) is 162 Å². The Morgan fingerprint density at radius 1 is 0.600 bits per heavy atom. The van der Waals surface area contributed by atoms with Crippen LogP contribution in [0.3, 0.4) is 0 Å².